The normalized spacial score (nSPS) is 18.4. The highest BCUT2D eigenvalue weighted by Crippen LogP contribution is 2.31. The maximum absolute atomic E-state index is 10.5. The van der Waals surface area contributed by atoms with Crippen molar-refractivity contribution in [1.82, 2.24) is 90.5 Å². The fourth-order valence-electron chi connectivity index (χ4n) is 17.7. The Bertz CT molecular complexity index is 3670. The Kier molecular flexibility index (Phi) is 65.8. The average Bonchev–Trinajstić information content (AvgIpc) is 0.814. The molecule has 0 spiro atoms. The molecule has 9 heterocycles. The number of hydrogen-bond donors (Lipinski definition) is 7. The number of nitrogens with one attached hydrogen (secondary N) is 5. The molecule has 1 atom stereocenters. The zero-order chi connectivity index (χ0) is 109. The minimum atomic E-state index is -0.764. The molecule has 840 valence electrons. The van der Waals surface area contributed by atoms with Gasteiger partial charge in [0.1, 0.15) is 0 Å². The Morgan fingerprint density at radius 3 is 1.13 bits per heavy atom. The standard InChI is InChI=1S/C16H26N2.C13H26N2O2.C13H26N2O.C13H21N.C12H26N2.2C12H20N2.C11H24N2.C10H20N2O2.C9H21NS/c1-14(15-8-6-5-7-9-15)17-10-12-18(13-11-17)16(2,3)4;1-13(2,3)6-9-15-7-4-11(5-8-15)14-10-12(16)17;1-12(2,3)15-7-5-14(6-8-15)9-13(4)10-16-11-13;1-13(2,3)9-10-14-11-12-7-5-4-6-8-12;1-11(2)10-13-6-8-14(9-7-13)12(3,4)5;1-12(2,3)6-9-14-10-11-4-7-13-8-5-11;1-12(2,3)7-9-13-10-11-6-4-5-8-14-11;1-5-6-12-7-9-13(10-8-12)11(2,3)4;1-10(2,3)12-6-4-11(5-7-12)8-9(13)14;1-9(2,3)5-6-10-7-8-11-4/h5-9,14H,10-13H2,1-4H3;11,14H,4-10H2,1-3H3,(H,16,17);5-11H2,1-4H3;4-8,14H,9-11H2,1-3H3;11H,6-10H2,1-5H3;4-5,7-8,14H,6,9-10H2,1-3H3;4-6,8,13H,7,9-10H2,1-3H3;5-10H2,1-4H3;4-8H2,1-3H3,(H,13,14);10H,5-8H2,1-4H3. The smallest absolute Gasteiger partial charge is 0.317 e. The number of benzene rings is 2. The van der Waals surface area contributed by atoms with E-state index in [2.05, 4.69) is 395 Å². The van der Waals surface area contributed by atoms with E-state index in [0.29, 0.717) is 66.7 Å². The Balaban J connectivity index is 0.000000546. The number of likely N-dealkylation sites (tertiary alicyclic amines) is 1. The van der Waals surface area contributed by atoms with E-state index >= 15 is 0 Å². The van der Waals surface area contributed by atoms with Gasteiger partial charge in [-0.05, 0) is 295 Å². The van der Waals surface area contributed by atoms with E-state index in [0.717, 1.165) is 136 Å². The summed E-state index contributed by atoms with van der Waals surface area (Å²) in [4.78, 5) is 56.7. The van der Waals surface area contributed by atoms with Crippen LogP contribution in [0.25, 0.3) is 0 Å². The topological polar surface area (TPSA) is 205 Å². The van der Waals surface area contributed by atoms with Crippen LogP contribution in [0.1, 0.15) is 322 Å². The molecule has 1 unspecified atom stereocenters. The van der Waals surface area contributed by atoms with E-state index in [4.69, 9.17) is 14.9 Å². The molecule has 0 bridgehead atoms. The number of nitrogens with zero attached hydrogens (tertiary/aromatic N) is 13. The number of hydrogen-bond acceptors (Lipinski definition) is 22. The third kappa shape index (κ3) is 71.1. The molecule has 7 fully saturated rings. The molecule has 7 N–H and O–H groups in total. The van der Waals surface area contributed by atoms with Gasteiger partial charge in [0, 0.05) is 240 Å². The fourth-order valence-corrected chi connectivity index (χ4v) is 18.1. The zero-order valence-corrected chi connectivity index (χ0v) is 102. The van der Waals surface area contributed by atoms with E-state index < -0.39 is 11.9 Å². The molecule has 2 aromatic carbocycles. The largest absolute Gasteiger partial charge is 0.480 e. The number of piperidine rings is 1. The molecule has 24 heteroatoms. The molecule has 7 aliphatic rings. The number of aliphatic carboxylic acids is 2. The summed E-state index contributed by atoms with van der Waals surface area (Å²) in [5.41, 5.74) is 9.34. The van der Waals surface area contributed by atoms with Crippen LogP contribution < -0.4 is 26.6 Å². The van der Waals surface area contributed by atoms with E-state index in [1.165, 1.54) is 185 Å². The second-order valence-electron chi connectivity index (χ2n) is 53.6. The molecule has 145 heavy (non-hydrogen) atoms. The van der Waals surface area contributed by atoms with Crippen LogP contribution in [0.15, 0.2) is 110 Å². The molecule has 0 radical (unpaired) electrons. The van der Waals surface area contributed by atoms with E-state index in [1.807, 2.05) is 65.6 Å². The van der Waals surface area contributed by atoms with Gasteiger partial charge < -0.3 is 61.1 Å². The summed E-state index contributed by atoms with van der Waals surface area (Å²) >= 11 is 1.90. The van der Waals surface area contributed by atoms with Crippen LogP contribution in [0, 0.1) is 38.4 Å². The average molecular weight is 2050 g/mol. The highest BCUT2D eigenvalue weighted by Gasteiger charge is 2.38. The summed E-state index contributed by atoms with van der Waals surface area (Å²) in [6, 6.07) is 32.4. The van der Waals surface area contributed by atoms with Crippen LogP contribution in [0.2, 0.25) is 0 Å². The summed E-state index contributed by atoms with van der Waals surface area (Å²) in [6.07, 6.45) is 17.2. The number of rotatable bonds is 32. The van der Waals surface area contributed by atoms with Gasteiger partial charge in [-0.15, -0.1) is 0 Å². The third-order valence-corrected chi connectivity index (χ3v) is 28.3. The lowest BCUT2D eigenvalue weighted by molar-refractivity contribution is -0.139. The molecular weight excluding hydrogens is 1820 g/mol. The number of ether oxygens (including phenoxy) is 1. The van der Waals surface area contributed by atoms with Gasteiger partial charge in [-0.2, -0.15) is 11.8 Å². The van der Waals surface area contributed by atoms with Crippen molar-refractivity contribution in [3.05, 3.63) is 132 Å². The van der Waals surface area contributed by atoms with Crippen molar-refractivity contribution in [1.29, 1.82) is 0 Å². The Labute approximate surface area is 897 Å². The molecule has 23 nitrogen and oxygen atoms in total. The van der Waals surface area contributed by atoms with Crippen molar-refractivity contribution < 1.29 is 24.5 Å². The van der Waals surface area contributed by atoms with Gasteiger partial charge in [0.2, 0.25) is 0 Å². The molecule has 0 saturated carbocycles. The maximum Gasteiger partial charge on any atom is 0.317 e. The summed E-state index contributed by atoms with van der Waals surface area (Å²) in [5.74, 6) is 0.537. The van der Waals surface area contributed by atoms with Crippen LogP contribution in [0.5, 0.6) is 0 Å². The predicted molar refractivity (Wildman–Crippen MR) is 627 cm³/mol. The van der Waals surface area contributed by atoms with Crippen LogP contribution >= 0.6 is 11.8 Å². The van der Waals surface area contributed by atoms with Crippen molar-refractivity contribution >= 4 is 23.7 Å². The van der Waals surface area contributed by atoms with E-state index in [9.17, 15) is 9.59 Å². The SMILES string of the molecule is CC(C)(C)CCN1CCC(NCC(=O)O)CC1.CC(C)(C)CCNCc1ccccc1.CC(C)(C)CCNCc1ccccn1.CC(C)(C)CCNCc1ccncc1.CC(C)(C)N1CCN(CC(=O)O)CC1.CC(C)CN1CCN(C(C)(C)C)CC1.CC(c1ccccc1)N1CCN(C(C)(C)C)CC1.CC1(CN2CCN(C(C)(C)C)CC2)COC1.CCCN1CCN(C(C)(C)C)CC1.CSCCNCCC(C)(C)C. The van der Waals surface area contributed by atoms with Crippen molar-refractivity contribution in [2.24, 2.45) is 38.4 Å². The highest BCUT2D eigenvalue weighted by atomic mass is 32.2. The number of carboxylic acid groups (broad SMARTS) is 2. The van der Waals surface area contributed by atoms with Crippen molar-refractivity contribution in [2.45, 2.75) is 353 Å². The van der Waals surface area contributed by atoms with Crippen LogP contribution in [-0.2, 0) is 34.0 Å². The number of carboxylic acids is 2. The van der Waals surface area contributed by atoms with Gasteiger partial charge in [0.05, 0.1) is 32.0 Å². The van der Waals surface area contributed by atoms with Gasteiger partial charge in [0.15, 0.2) is 0 Å². The van der Waals surface area contributed by atoms with Gasteiger partial charge in [-0.1, -0.05) is 198 Å². The molecule has 4 aromatic rings. The lowest BCUT2D eigenvalue weighted by Crippen LogP contribution is -2.57. The first-order valence-corrected chi connectivity index (χ1v) is 57.8. The van der Waals surface area contributed by atoms with E-state index in [-0.39, 0.29) is 18.6 Å². The quantitative estimate of drug-likeness (QED) is 0.0227. The molecule has 7 aliphatic heterocycles. The van der Waals surface area contributed by atoms with Crippen LogP contribution in [0.4, 0.5) is 0 Å². The second kappa shape index (κ2) is 69.9. The van der Waals surface area contributed by atoms with Gasteiger partial charge in [0.25, 0.3) is 0 Å². The predicted octanol–water partition coefficient (Wildman–Crippen LogP) is 21.3. The minimum Gasteiger partial charge on any atom is -0.480 e. The number of piperazine rings is 5. The van der Waals surface area contributed by atoms with Crippen molar-refractivity contribution in [2.75, 3.05) is 241 Å². The van der Waals surface area contributed by atoms with Gasteiger partial charge in [-0.25, -0.2) is 0 Å². The number of thioether (sulfide) groups is 1. The molecule has 0 aliphatic carbocycles. The second-order valence-corrected chi connectivity index (χ2v) is 54.6. The Hall–Kier alpha value is -4.65. The molecular formula is C121H230N18O5S. The first-order valence-electron chi connectivity index (χ1n) is 56.4. The summed E-state index contributed by atoms with van der Waals surface area (Å²) in [7, 11) is 0. The molecule has 11 rings (SSSR count). The maximum atomic E-state index is 10.5. The summed E-state index contributed by atoms with van der Waals surface area (Å²) in [5, 5.41) is 34.0. The van der Waals surface area contributed by atoms with Gasteiger partial charge >= 0.3 is 11.9 Å². The number of aromatic nitrogens is 2. The lowest BCUT2D eigenvalue weighted by Gasteiger charge is -2.46. The third-order valence-electron chi connectivity index (χ3n) is 27.7. The molecule has 7 saturated heterocycles. The molecule has 2 aromatic heterocycles. The number of pyridine rings is 2. The molecule has 0 amide bonds. The monoisotopic (exact) mass is 2050 g/mol. The Morgan fingerprint density at radius 2 is 0.772 bits per heavy atom. The lowest BCUT2D eigenvalue weighted by atomic mass is 9.88. The first-order chi connectivity index (χ1) is 67.4. The Morgan fingerprint density at radius 1 is 0.407 bits per heavy atom. The highest BCUT2D eigenvalue weighted by molar-refractivity contribution is 7.98. The summed E-state index contributed by atoms with van der Waals surface area (Å²) in [6.45, 7) is 121. The van der Waals surface area contributed by atoms with Crippen molar-refractivity contribution in [3.8, 4) is 0 Å². The zero-order valence-electron chi connectivity index (χ0n) is 101. The van der Waals surface area contributed by atoms with Crippen LogP contribution in [0.3, 0.4) is 0 Å². The summed E-state index contributed by atoms with van der Waals surface area (Å²) < 4.78 is 5.32. The first kappa shape index (κ1) is 136. The number of carbonyl (C=O) groups is 2. The van der Waals surface area contributed by atoms with Crippen LogP contribution in [-0.4, -0.2) is 361 Å². The minimum absolute atomic E-state index is 0.0899. The fraction of sp³-hybridized carbons (Fsp3) is 0.802. The van der Waals surface area contributed by atoms with Gasteiger partial charge in [-0.3, -0.25) is 53.9 Å². The van der Waals surface area contributed by atoms with Crippen molar-refractivity contribution in [3.63, 3.8) is 0 Å². The van der Waals surface area contributed by atoms with E-state index in [1.54, 1.807) is 0 Å².